The van der Waals surface area contributed by atoms with Gasteiger partial charge in [-0.1, -0.05) is 6.07 Å². The number of benzene rings is 2. The predicted octanol–water partition coefficient (Wildman–Crippen LogP) is 3.94. The fourth-order valence-electron chi connectivity index (χ4n) is 2.57. The molecule has 32 heavy (non-hydrogen) atoms. The molecular formula is C24H25NO7. The number of nitrogens with zero attached hydrogens (tertiary/aromatic N) is 1. The quantitative estimate of drug-likeness (QED) is 0.224. The standard InChI is InChI=1S/C24H25NO7/c1-4-28-19-8-10-20(11-9-19)31-16-23(26)32-21-12-7-17(14-22(21)29-5-2)13-18(15-25)24(27)30-6-3/h7-14H,4-6,16H2,1-3H3/b18-13+. The van der Waals surface area contributed by atoms with Crippen LogP contribution in [0.25, 0.3) is 6.08 Å². The van der Waals surface area contributed by atoms with Gasteiger partial charge in [0.25, 0.3) is 0 Å². The molecule has 0 aromatic heterocycles. The van der Waals surface area contributed by atoms with Crippen LogP contribution in [0.15, 0.2) is 48.0 Å². The number of carbonyl (C=O) groups excluding carboxylic acids is 2. The van der Waals surface area contributed by atoms with E-state index < -0.39 is 11.9 Å². The molecule has 168 valence electrons. The first-order chi connectivity index (χ1) is 15.5. The van der Waals surface area contributed by atoms with Gasteiger partial charge in [-0.25, -0.2) is 9.59 Å². The highest BCUT2D eigenvalue weighted by atomic mass is 16.6. The predicted molar refractivity (Wildman–Crippen MR) is 117 cm³/mol. The van der Waals surface area contributed by atoms with Crippen LogP contribution in [0.2, 0.25) is 0 Å². The average molecular weight is 439 g/mol. The van der Waals surface area contributed by atoms with E-state index in [9.17, 15) is 14.9 Å². The van der Waals surface area contributed by atoms with Crippen molar-refractivity contribution in [1.29, 1.82) is 5.26 Å². The molecule has 0 amide bonds. The van der Waals surface area contributed by atoms with Crippen LogP contribution in [0.1, 0.15) is 26.3 Å². The molecule has 0 radical (unpaired) electrons. The highest BCUT2D eigenvalue weighted by Crippen LogP contribution is 2.30. The maximum Gasteiger partial charge on any atom is 0.349 e. The lowest BCUT2D eigenvalue weighted by Crippen LogP contribution is -2.18. The Labute approximate surface area is 186 Å². The van der Waals surface area contributed by atoms with Crippen LogP contribution in [0.3, 0.4) is 0 Å². The smallest absolute Gasteiger partial charge is 0.349 e. The zero-order valence-electron chi connectivity index (χ0n) is 18.3. The Bertz CT molecular complexity index is 990. The first kappa shape index (κ1) is 24.3. The van der Waals surface area contributed by atoms with E-state index in [1.54, 1.807) is 50.2 Å². The van der Waals surface area contributed by atoms with Gasteiger partial charge in [-0.15, -0.1) is 0 Å². The van der Waals surface area contributed by atoms with Crippen LogP contribution in [0, 0.1) is 11.3 Å². The van der Waals surface area contributed by atoms with E-state index in [4.69, 9.17) is 23.7 Å². The zero-order valence-corrected chi connectivity index (χ0v) is 18.3. The molecule has 8 nitrogen and oxygen atoms in total. The molecule has 0 saturated heterocycles. The molecule has 0 unspecified atom stereocenters. The number of ether oxygens (including phenoxy) is 5. The summed E-state index contributed by atoms with van der Waals surface area (Å²) < 4.78 is 26.6. The van der Waals surface area contributed by atoms with Gasteiger partial charge in [-0.2, -0.15) is 5.26 Å². The Balaban J connectivity index is 2.07. The largest absolute Gasteiger partial charge is 0.494 e. The zero-order chi connectivity index (χ0) is 23.3. The summed E-state index contributed by atoms with van der Waals surface area (Å²) in [7, 11) is 0. The summed E-state index contributed by atoms with van der Waals surface area (Å²) >= 11 is 0. The lowest BCUT2D eigenvalue weighted by Gasteiger charge is -2.12. The van der Waals surface area contributed by atoms with E-state index in [1.165, 1.54) is 12.1 Å². The van der Waals surface area contributed by atoms with Crippen molar-refractivity contribution in [2.24, 2.45) is 0 Å². The molecule has 2 rings (SSSR count). The van der Waals surface area contributed by atoms with Crippen molar-refractivity contribution >= 4 is 18.0 Å². The van der Waals surface area contributed by atoms with Crippen molar-refractivity contribution in [2.75, 3.05) is 26.4 Å². The Kier molecular flexibility index (Phi) is 9.60. The second-order valence-corrected chi connectivity index (χ2v) is 6.20. The summed E-state index contributed by atoms with van der Waals surface area (Å²) in [5, 5.41) is 9.18. The third-order valence-corrected chi connectivity index (χ3v) is 3.91. The fraction of sp³-hybridized carbons (Fsp3) is 0.292. The molecule has 0 N–H and O–H groups in total. The number of esters is 2. The molecule has 0 fully saturated rings. The number of rotatable bonds is 11. The monoisotopic (exact) mass is 439 g/mol. The van der Waals surface area contributed by atoms with Gasteiger partial charge in [0.05, 0.1) is 19.8 Å². The fourth-order valence-corrected chi connectivity index (χ4v) is 2.57. The number of carbonyl (C=O) groups is 2. The molecule has 8 heteroatoms. The minimum Gasteiger partial charge on any atom is -0.494 e. The number of hydrogen-bond acceptors (Lipinski definition) is 8. The topological polar surface area (TPSA) is 104 Å². The molecule has 2 aromatic rings. The highest BCUT2D eigenvalue weighted by Gasteiger charge is 2.14. The molecule has 0 aliphatic heterocycles. The van der Waals surface area contributed by atoms with Crippen molar-refractivity contribution in [3.8, 4) is 29.1 Å². The van der Waals surface area contributed by atoms with E-state index >= 15 is 0 Å². The maximum absolute atomic E-state index is 12.2. The summed E-state index contributed by atoms with van der Waals surface area (Å²) in [4.78, 5) is 24.0. The van der Waals surface area contributed by atoms with Crippen molar-refractivity contribution in [3.63, 3.8) is 0 Å². The first-order valence-corrected chi connectivity index (χ1v) is 10.1. The SMILES string of the molecule is CCOC(=O)/C(C#N)=C/c1ccc(OC(=O)COc2ccc(OCC)cc2)c(OCC)c1. The van der Waals surface area contributed by atoms with Crippen LogP contribution < -0.4 is 18.9 Å². The summed E-state index contributed by atoms with van der Waals surface area (Å²) in [6.45, 7) is 6.07. The maximum atomic E-state index is 12.2. The normalized spacial score (nSPS) is 10.6. The minimum atomic E-state index is -0.713. The second-order valence-electron chi connectivity index (χ2n) is 6.20. The average Bonchev–Trinajstić information content (AvgIpc) is 2.79. The van der Waals surface area contributed by atoms with Crippen LogP contribution in [0.5, 0.6) is 23.0 Å². The summed E-state index contributed by atoms with van der Waals surface area (Å²) in [6.07, 6.45) is 1.38. The van der Waals surface area contributed by atoms with E-state index in [-0.39, 0.29) is 30.3 Å². The Morgan fingerprint density at radius 3 is 2.12 bits per heavy atom. The molecule has 0 aliphatic carbocycles. The van der Waals surface area contributed by atoms with Gasteiger partial charge in [0.2, 0.25) is 0 Å². The number of nitriles is 1. The number of hydrogen-bond donors (Lipinski definition) is 0. The van der Waals surface area contributed by atoms with Crippen molar-refractivity contribution in [1.82, 2.24) is 0 Å². The minimum absolute atomic E-state index is 0.150. The molecule has 0 heterocycles. The lowest BCUT2D eigenvalue weighted by atomic mass is 10.1. The Morgan fingerprint density at radius 1 is 0.875 bits per heavy atom. The van der Waals surface area contributed by atoms with Crippen LogP contribution in [-0.4, -0.2) is 38.4 Å². The van der Waals surface area contributed by atoms with Gasteiger partial charge >= 0.3 is 11.9 Å². The Morgan fingerprint density at radius 2 is 1.53 bits per heavy atom. The van der Waals surface area contributed by atoms with Gasteiger partial charge in [-0.3, -0.25) is 0 Å². The summed E-state index contributed by atoms with van der Waals surface area (Å²) in [5.41, 5.74) is 0.367. The van der Waals surface area contributed by atoms with Gasteiger partial charge < -0.3 is 23.7 Å². The molecule has 0 saturated carbocycles. The third-order valence-electron chi connectivity index (χ3n) is 3.91. The van der Waals surface area contributed by atoms with E-state index in [1.807, 2.05) is 13.0 Å². The summed E-state index contributed by atoms with van der Waals surface area (Å²) in [5.74, 6) is 0.359. The Hall–Kier alpha value is -3.99. The van der Waals surface area contributed by atoms with Gasteiger partial charge in [-0.05, 0) is 68.8 Å². The molecule has 0 aliphatic rings. The van der Waals surface area contributed by atoms with Crippen molar-refractivity contribution in [2.45, 2.75) is 20.8 Å². The molecule has 0 atom stereocenters. The van der Waals surface area contributed by atoms with Crippen molar-refractivity contribution in [3.05, 3.63) is 53.6 Å². The van der Waals surface area contributed by atoms with Crippen LogP contribution in [0.4, 0.5) is 0 Å². The molecule has 0 bridgehead atoms. The lowest BCUT2D eigenvalue weighted by molar-refractivity contribution is -0.138. The van der Waals surface area contributed by atoms with E-state index in [0.29, 0.717) is 30.3 Å². The molecule has 2 aromatic carbocycles. The van der Waals surface area contributed by atoms with Gasteiger partial charge in [0, 0.05) is 0 Å². The van der Waals surface area contributed by atoms with Gasteiger partial charge in [0.1, 0.15) is 23.1 Å². The van der Waals surface area contributed by atoms with E-state index in [2.05, 4.69) is 0 Å². The van der Waals surface area contributed by atoms with Crippen LogP contribution >= 0.6 is 0 Å². The van der Waals surface area contributed by atoms with Crippen LogP contribution in [-0.2, 0) is 14.3 Å². The second kappa shape index (κ2) is 12.6. The first-order valence-electron chi connectivity index (χ1n) is 10.1. The molecule has 0 spiro atoms. The summed E-state index contributed by atoms with van der Waals surface area (Å²) in [6, 6.07) is 13.4. The molecular weight excluding hydrogens is 414 g/mol. The van der Waals surface area contributed by atoms with Gasteiger partial charge in [0.15, 0.2) is 18.1 Å². The van der Waals surface area contributed by atoms with E-state index in [0.717, 1.165) is 0 Å². The third kappa shape index (κ3) is 7.36. The highest BCUT2D eigenvalue weighted by molar-refractivity contribution is 5.98. The van der Waals surface area contributed by atoms with Crippen molar-refractivity contribution < 1.29 is 33.3 Å².